The first-order chi connectivity index (χ1) is 11.5. The number of fused-ring (bicyclic) bond motifs is 1. The monoisotopic (exact) mass is 404 g/mol. The highest BCUT2D eigenvalue weighted by Crippen LogP contribution is 2.37. The van der Waals surface area contributed by atoms with Gasteiger partial charge in [-0.3, -0.25) is 4.79 Å². The number of hydrogen-bond acceptors (Lipinski definition) is 3. The number of nitrogens with two attached hydrogens (primary N) is 1. The summed E-state index contributed by atoms with van der Waals surface area (Å²) in [5.41, 5.74) is 7.21. The first kappa shape index (κ1) is 16.6. The minimum Gasteiger partial charge on any atom is -0.495 e. The third-order valence-electron chi connectivity index (χ3n) is 3.65. The molecule has 1 amide bonds. The van der Waals surface area contributed by atoms with Gasteiger partial charge in [-0.15, -0.1) is 0 Å². The van der Waals surface area contributed by atoms with Crippen molar-refractivity contribution in [2.24, 2.45) is 0 Å². The Morgan fingerprint density at radius 1 is 1.21 bits per heavy atom. The molecule has 0 saturated carbocycles. The fourth-order valence-corrected chi connectivity index (χ4v) is 3.41. The Bertz CT molecular complexity index is 944. The van der Waals surface area contributed by atoms with E-state index in [-0.39, 0.29) is 5.91 Å². The van der Waals surface area contributed by atoms with Crippen LogP contribution in [0.2, 0.25) is 5.02 Å². The van der Waals surface area contributed by atoms with Crippen molar-refractivity contribution >= 4 is 55.6 Å². The van der Waals surface area contributed by atoms with E-state index in [9.17, 15) is 4.79 Å². The molecule has 0 spiro atoms. The molecule has 0 aromatic heterocycles. The highest BCUT2D eigenvalue weighted by atomic mass is 79.9. The van der Waals surface area contributed by atoms with Gasteiger partial charge in [-0.25, -0.2) is 0 Å². The third kappa shape index (κ3) is 3.05. The zero-order chi connectivity index (χ0) is 17.3. The van der Waals surface area contributed by atoms with Gasteiger partial charge in [0.1, 0.15) is 5.75 Å². The van der Waals surface area contributed by atoms with E-state index in [4.69, 9.17) is 22.1 Å². The number of carbonyl (C=O) groups excluding carboxylic acids is 1. The Kier molecular flexibility index (Phi) is 4.64. The second-order valence-corrected chi connectivity index (χ2v) is 6.41. The number of halogens is 2. The zero-order valence-corrected chi connectivity index (χ0v) is 15.1. The van der Waals surface area contributed by atoms with Crippen molar-refractivity contribution in [3.05, 3.63) is 63.6 Å². The summed E-state index contributed by atoms with van der Waals surface area (Å²) in [5.74, 6) is 0.158. The highest BCUT2D eigenvalue weighted by Gasteiger charge is 2.18. The van der Waals surface area contributed by atoms with E-state index in [1.165, 1.54) is 7.11 Å². The maximum atomic E-state index is 12.7. The Hall–Kier alpha value is -2.24. The summed E-state index contributed by atoms with van der Waals surface area (Å²) in [6.45, 7) is 0. The van der Waals surface area contributed by atoms with Gasteiger partial charge in [0.05, 0.1) is 28.5 Å². The molecule has 0 fully saturated rings. The van der Waals surface area contributed by atoms with Gasteiger partial charge in [0, 0.05) is 5.02 Å². The van der Waals surface area contributed by atoms with Gasteiger partial charge in [-0.1, -0.05) is 35.9 Å². The number of benzene rings is 3. The van der Waals surface area contributed by atoms with Gasteiger partial charge in [0.2, 0.25) is 0 Å². The van der Waals surface area contributed by atoms with E-state index < -0.39 is 0 Å². The van der Waals surface area contributed by atoms with Gasteiger partial charge >= 0.3 is 0 Å². The lowest BCUT2D eigenvalue weighted by Gasteiger charge is -2.14. The molecule has 0 atom stereocenters. The van der Waals surface area contributed by atoms with E-state index in [2.05, 4.69) is 21.2 Å². The number of nitrogens with one attached hydrogen (secondary N) is 1. The van der Waals surface area contributed by atoms with Crippen molar-refractivity contribution in [2.45, 2.75) is 0 Å². The predicted molar refractivity (Wildman–Crippen MR) is 102 cm³/mol. The molecule has 0 unspecified atom stereocenters. The molecule has 0 aliphatic carbocycles. The van der Waals surface area contributed by atoms with Gasteiger partial charge in [0.15, 0.2) is 0 Å². The van der Waals surface area contributed by atoms with E-state index >= 15 is 0 Å². The van der Waals surface area contributed by atoms with Crippen molar-refractivity contribution in [1.82, 2.24) is 0 Å². The van der Waals surface area contributed by atoms with E-state index in [1.54, 1.807) is 24.3 Å². The first-order valence-corrected chi connectivity index (χ1v) is 8.30. The van der Waals surface area contributed by atoms with Gasteiger partial charge in [0.25, 0.3) is 5.91 Å². The smallest absolute Gasteiger partial charge is 0.259 e. The van der Waals surface area contributed by atoms with Crippen molar-refractivity contribution in [2.75, 3.05) is 18.2 Å². The largest absolute Gasteiger partial charge is 0.495 e. The molecule has 6 heteroatoms. The lowest BCUT2D eigenvalue weighted by molar-refractivity contribution is 0.102. The molecule has 3 rings (SSSR count). The Balaban J connectivity index is 2.06. The van der Waals surface area contributed by atoms with E-state index in [0.29, 0.717) is 27.7 Å². The number of carbonyl (C=O) groups is 1. The fourth-order valence-electron chi connectivity index (χ4n) is 2.49. The lowest BCUT2D eigenvalue weighted by atomic mass is 10.0. The number of anilines is 2. The Morgan fingerprint density at radius 2 is 1.96 bits per heavy atom. The maximum absolute atomic E-state index is 12.7. The molecule has 0 radical (unpaired) electrons. The summed E-state index contributed by atoms with van der Waals surface area (Å²) in [4.78, 5) is 12.7. The van der Waals surface area contributed by atoms with Crippen molar-refractivity contribution < 1.29 is 9.53 Å². The second-order valence-electron chi connectivity index (χ2n) is 5.18. The average Bonchev–Trinajstić information content (AvgIpc) is 2.57. The van der Waals surface area contributed by atoms with Crippen LogP contribution in [-0.2, 0) is 0 Å². The average molecular weight is 406 g/mol. The number of nitrogen functional groups attached to an aromatic ring is 1. The number of rotatable bonds is 3. The summed E-state index contributed by atoms with van der Waals surface area (Å²) in [5, 5.41) is 5.21. The Labute approximate surface area is 152 Å². The number of ether oxygens (including phenoxy) is 1. The molecule has 3 aromatic carbocycles. The van der Waals surface area contributed by atoms with Crippen LogP contribution in [0.4, 0.5) is 11.4 Å². The van der Waals surface area contributed by atoms with Crippen LogP contribution in [0.3, 0.4) is 0 Å². The molecule has 4 nitrogen and oxygen atoms in total. The summed E-state index contributed by atoms with van der Waals surface area (Å²) < 4.78 is 6.17. The molecule has 3 aromatic rings. The predicted octanol–water partition coefficient (Wildman–Crippen LogP) is 5.10. The molecule has 122 valence electrons. The van der Waals surface area contributed by atoms with Gasteiger partial charge < -0.3 is 15.8 Å². The SMILES string of the molecule is COc1c(C(=O)Nc2ccc(Cl)cc2N)cc2ccccc2c1Br. The number of methoxy groups -OCH3 is 1. The summed E-state index contributed by atoms with van der Waals surface area (Å²) in [6, 6.07) is 14.5. The summed E-state index contributed by atoms with van der Waals surface area (Å²) in [7, 11) is 1.53. The molecular formula is C18H14BrClN2O2. The standard InChI is InChI=1S/C18H14BrClN2O2/c1-24-17-13(8-10-4-2-3-5-12(10)16(17)19)18(23)22-15-7-6-11(20)9-14(15)21/h2-9H,21H2,1H3,(H,22,23). The van der Waals surface area contributed by atoms with Gasteiger partial charge in [-0.05, 0) is 51.0 Å². The van der Waals surface area contributed by atoms with Gasteiger partial charge in [-0.2, -0.15) is 0 Å². The van der Waals surface area contributed by atoms with Crippen LogP contribution in [0, 0.1) is 0 Å². The fraction of sp³-hybridized carbons (Fsp3) is 0.0556. The number of amides is 1. The molecule has 0 saturated heterocycles. The molecule has 0 aliphatic rings. The molecular weight excluding hydrogens is 392 g/mol. The van der Waals surface area contributed by atoms with Crippen LogP contribution in [0.25, 0.3) is 10.8 Å². The molecule has 0 heterocycles. The van der Waals surface area contributed by atoms with E-state index in [1.807, 2.05) is 24.3 Å². The minimum atomic E-state index is -0.313. The maximum Gasteiger partial charge on any atom is 0.259 e. The third-order valence-corrected chi connectivity index (χ3v) is 4.67. The Morgan fingerprint density at radius 3 is 2.67 bits per heavy atom. The van der Waals surface area contributed by atoms with Crippen molar-refractivity contribution in [3.63, 3.8) is 0 Å². The number of hydrogen-bond donors (Lipinski definition) is 2. The van der Waals surface area contributed by atoms with Crippen LogP contribution in [-0.4, -0.2) is 13.0 Å². The molecule has 0 bridgehead atoms. The van der Waals surface area contributed by atoms with Crippen LogP contribution in [0.1, 0.15) is 10.4 Å². The highest BCUT2D eigenvalue weighted by molar-refractivity contribution is 9.10. The zero-order valence-electron chi connectivity index (χ0n) is 12.8. The van der Waals surface area contributed by atoms with Crippen LogP contribution in [0.5, 0.6) is 5.75 Å². The molecule has 0 aliphatic heterocycles. The van der Waals surface area contributed by atoms with Crippen molar-refractivity contribution in [1.29, 1.82) is 0 Å². The van der Waals surface area contributed by atoms with Crippen molar-refractivity contribution in [3.8, 4) is 5.75 Å². The van der Waals surface area contributed by atoms with Crippen LogP contribution >= 0.6 is 27.5 Å². The quantitative estimate of drug-likeness (QED) is 0.596. The topological polar surface area (TPSA) is 64.3 Å². The first-order valence-electron chi connectivity index (χ1n) is 7.13. The normalized spacial score (nSPS) is 10.6. The second kappa shape index (κ2) is 6.71. The summed E-state index contributed by atoms with van der Waals surface area (Å²) >= 11 is 9.41. The van der Waals surface area contributed by atoms with E-state index in [0.717, 1.165) is 15.2 Å². The van der Waals surface area contributed by atoms with Crippen LogP contribution < -0.4 is 15.8 Å². The summed E-state index contributed by atoms with van der Waals surface area (Å²) in [6.07, 6.45) is 0. The molecule has 24 heavy (non-hydrogen) atoms. The van der Waals surface area contributed by atoms with Crippen LogP contribution in [0.15, 0.2) is 53.0 Å². The molecule has 3 N–H and O–H groups in total. The minimum absolute atomic E-state index is 0.313. The lowest BCUT2D eigenvalue weighted by Crippen LogP contribution is -2.14.